The SMILES string of the molecule is CCCNC(COc1ccc([N+](=O)[O-])c(F)c1)C(N)=O. The molecule has 1 atom stereocenters. The fourth-order valence-electron chi connectivity index (χ4n) is 1.47. The Morgan fingerprint density at radius 1 is 1.60 bits per heavy atom. The minimum Gasteiger partial charge on any atom is -0.491 e. The quantitative estimate of drug-likeness (QED) is 0.546. The highest BCUT2D eigenvalue weighted by molar-refractivity contribution is 5.80. The first-order chi connectivity index (χ1) is 9.45. The molecule has 0 fully saturated rings. The van der Waals surface area contributed by atoms with Crippen molar-refractivity contribution in [2.75, 3.05) is 13.2 Å². The predicted molar refractivity (Wildman–Crippen MR) is 69.8 cm³/mol. The van der Waals surface area contributed by atoms with E-state index in [9.17, 15) is 19.3 Å². The van der Waals surface area contributed by atoms with Gasteiger partial charge in [0.2, 0.25) is 11.7 Å². The Labute approximate surface area is 115 Å². The van der Waals surface area contributed by atoms with Crippen LogP contribution in [-0.4, -0.2) is 30.0 Å². The van der Waals surface area contributed by atoms with Gasteiger partial charge in [-0.15, -0.1) is 0 Å². The van der Waals surface area contributed by atoms with Gasteiger partial charge >= 0.3 is 5.69 Å². The fraction of sp³-hybridized carbons (Fsp3) is 0.417. The van der Waals surface area contributed by atoms with E-state index in [-0.39, 0.29) is 12.4 Å². The molecule has 0 saturated carbocycles. The zero-order chi connectivity index (χ0) is 15.1. The first-order valence-corrected chi connectivity index (χ1v) is 6.05. The number of halogens is 1. The van der Waals surface area contributed by atoms with E-state index < -0.39 is 28.4 Å². The topological polar surface area (TPSA) is 107 Å². The number of hydrogen-bond acceptors (Lipinski definition) is 5. The molecule has 8 heteroatoms. The number of nitro groups is 1. The van der Waals surface area contributed by atoms with E-state index in [0.717, 1.165) is 18.6 Å². The summed E-state index contributed by atoms with van der Waals surface area (Å²) in [6, 6.07) is 2.46. The summed E-state index contributed by atoms with van der Waals surface area (Å²) < 4.78 is 18.6. The second-order valence-electron chi connectivity index (χ2n) is 4.09. The summed E-state index contributed by atoms with van der Waals surface area (Å²) in [4.78, 5) is 20.8. The summed E-state index contributed by atoms with van der Waals surface area (Å²) in [6.07, 6.45) is 0.815. The minimum absolute atomic E-state index is 0.0768. The predicted octanol–water partition coefficient (Wildman–Crippen LogP) is 0.966. The van der Waals surface area contributed by atoms with Crippen molar-refractivity contribution in [2.45, 2.75) is 19.4 Å². The average molecular weight is 285 g/mol. The highest BCUT2D eigenvalue weighted by atomic mass is 19.1. The van der Waals surface area contributed by atoms with Crippen LogP contribution in [0.25, 0.3) is 0 Å². The van der Waals surface area contributed by atoms with Crippen molar-refractivity contribution >= 4 is 11.6 Å². The monoisotopic (exact) mass is 285 g/mol. The van der Waals surface area contributed by atoms with E-state index in [4.69, 9.17) is 10.5 Å². The van der Waals surface area contributed by atoms with Crippen LogP contribution in [0.5, 0.6) is 5.75 Å². The maximum Gasteiger partial charge on any atom is 0.305 e. The fourth-order valence-corrected chi connectivity index (χ4v) is 1.47. The van der Waals surface area contributed by atoms with Crippen LogP contribution in [0.4, 0.5) is 10.1 Å². The largest absolute Gasteiger partial charge is 0.491 e. The molecule has 0 aromatic heterocycles. The lowest BCUT2D eigenvalue weighted by molar-refractivity contribution is -0.387. The van der Waals surface area contributed by atoms with Crippen LogP contribution in [0.1, 0.15) is 13.3 Å². The van der Waals surface area contributed by atoms with Gasteiger partial charge in [-0.3, -0.25) is 14.9 Å². The van der Waals surface area contributed by atoms with Gasteiger partial charge in [-0.2, -0.15) is 4.39 Å². The molecule has 110 valence electrons. The van der Waals surface area contributed by atoms with Gasteiger partial charge in [0.05, 0.1) is 4.92 Å². The third-order valence-electron chi connectivity index (χ3n) is 2.52. The molecule has 1 amide bonds. The van der Waals surface area contributed by atoms with Crippen molar-refractivity contribution in [1.82, 2.24) is 5.32 Å². The van der Waals surface area contributed by atoms with Crippen molar-refractivity contribution in [2.24, 2.45) is 5.73 Å². The molecule has 1 aromatic rings. The number of amides is 1. The van der Waals surface area contributed by atoms with Gasteiger partial charge in [-0.25, -0.2) is 0 Å². The normalized spacial score (nSPS) is 11.9. The van der Waals surface area contributed by atoms with E-state index in [1.54, 1.807) is 0 Å². The van der Waals surface area contributed by atoms with Crippen molar-refractivity contribution < 1.29 is 18.8 Å². The number of primary amides is 1. The summed E-state index contributed by atoms with van der Waals surface area (Å²) in [6.45, 7) is 2.44. The highest BCUT2D eigenvalue weighted by Gasteiger charge is 2.17. The second-order valence-corrected chi connectivity index (χ2v) is 4.09. The molecule has 7 nitrogen and oxygen atoms in total. The van der Waals surface area contributed by atoms with Crippen LogP contribution in [-0.2, 0) is 4.79 Å². The Hall–Kier alpha value is -2.22. The maximum atomic E-state index is 13.4. The molecular formula is C12H16FN3O4. The van der Waals surface area contributed by atoms with Gasteiger partial charge in [-0.1, -0.05) is 6.92 Å². The van der Waals surface area contributed by atoms with Gasteiger partial charge < -0.3 is 15.8 Å². The number of hydrogen-bond donors (Lipinski definition) is 2. The molecule has 0 radical (unpaired) electrons. The number of rotatable bonds is 8. The number of benzene rings is 1. The third-order valence-corrected chi connectivity index (χ3v) is 2.52. The van der Waals surface area contributed by atoms with Crippen molar-refractivity contribution in [3.8, 4) is 5.75 Å². The van der Waals surface area contributed by atoms with E-state index in [1.807, 2.05) is 6.92 Å². The van der Waals surface area contributed by atoms with E-state index in [2.05, 4.69) is 5.32 Å². The Bertz CT molecular complexity index is 496. The lowest BCUT2D eigenvalue weighted by Gasteiger charge is -2.15. The van der Waals surface area contributed by atoms with E-state index >= 15 is 0 Å². The van der Waals surface area contributed by atoms with Crippen LogP contribution < -0.4 is 15.8 Å². The number of nitro benzene ring substituents is 1. The number of carbonyl (C=O) groups is 1. The first-order valence-electron chi connectivity index (χ1n) is 6.05. The van der Waals surface area contributed by atoms with E-state index in [1.165, 1.54) is 6.07 Å². The van der Waals surface area contributed by atoms with Crippen LogP contribution in [0.2, 0.25) is 0 Å². The van der Waals surface area contributed by atoms with Crippen LogP contribution in [0.3, 0.4) is 0 Å². The van der Waals surface area contributed by atoms with Crippen molar-refractivity contribution in [3.05, 3.63) is 34.1 Å². The van der Waals surface area contributed by atoms with Gasteiger partial charge in [-0.05, 0) is 19.0 Å². The molecule has 3 N–H and O–H groups in total. The Morgan fingerprint density at radius 3 is 2.80 bits per heavy atom. The lowest BCUT2D eigenvalue weighted by Crippen LogP contribution is -2.45. The Balaban J connectivity index is 2.66. The molecule has 20 heavy (non-hydrogen) atoms. The summed E-state index contributed by atoms with van der Waals surface area (Å²) in [5.74, 6) is -1.48. The number of carbonyl (C=O) groups excluding carboxylic acids is 1. The zero-order valence-electron chi connectivity index (χ0n) is 11.0. The molecule has 0 aliphatic carbocycles. The molecule has 0 aliphatic rings. The summed E-state index contributed by atoms with van der Waals surface area (Å²) >= 11 is 0. The van der Waals surface area contributed by atoms with E-state index in [0.29, 0.717) is 6.54 Å². The van der Waals surface area contributed by atoms with Crippen LogP contribution in [0, 0.1) is 15.9 Å². The Morgan fingerprint density at radius 2 is 2.30 bits per heavy atom. The van der Waals surface area contributed by atoms with Crippen LogP contribution >= 0.6 is 0 Å². The van der Waals surface area contributed by atoms with Gasteiger partial charge in [0.25, 0.3) is 0 Å². The number of nitrogens with two attached hydrogens (primary N) is 1. The minimum atomic E-state index is -0.996. The third kappa shape index (κ3) is 4.47. The number of ether oxygens (including phenoxy) is 1. The lowest BCUT2D eigenvalue weighted by atomic mass is 10.2. The molecular weight excluding hydrogens is 269 g/mol. The number of nitrogens with one attached hydrogen (secondary N) is 1. The molecule has 0 bridgehead atoms. The summed E-state index contributed by atoms with van der Waals surface area (Å²) in [7, 11) is 0. The second kappa shape index (κ2) is 7.39. The number of nitrogens with zero attached hydrogens (tertiary/aromatic N) is 1. The smallest absolute Gasteiger partial charge is 0.305 e. The molecule has 0 spiro atoms. The van der Waals surface area contributed by atoms with Crippen molar-refractivity contribution in [1.29, 1.82) is 0 Å². The van der Waals surface area contributed by atoms with Gasteiger partial charge in [0.15, 0.2) is 0 Å². The zero-order valence-corrected chi connectivity index (χ0v) is 11.0. The van der Waals surface area contributed by atoms with Crippen LogP contribution in [0.15, 0.2) is 18.2 Å². The van der Waals surface area contributed by atoms with Gasteiger partial charge in [0.1, 0.15) is 18.4 Å². The standard InChI is InChI=1S/C12H16FN3O4/c1-2-5-15-10(12(14)17)7-20-8-3-4-11(16(18)19)9(13)6-8/h3-4,6,10,15H,2,5,7H2,1H3,(H2,14,17). The molecule has 0 saturated heterocycles. The van der Waals surface area contributed by atoms with Gasteiger partial charge in [0, 0.05) is 12.1 Å². The first kappa shape index (κ1) is 15.8. The van der Waals surface area contributed by atoms with Crippen molar-refractivity contribution in [3.63, 3.8) is 0 Å². The molecule has 0 aliphatic heterocycles. The summed E-state index contributed by atoms with van der Waals surface area (Å²) in [5.41, 5.74) is 4.56. The molecule has 1 aromatic carbocycles. The summed E-state index contributed by atoms with van der Waals surface area (Å²) in [5, 5.41) is 13.3. The maximum absolute atomic E-state index is 13.4. The highest BCUT2D eigenvalue weighted by Crippen LogP contribution is 2.22. The molecule has 1 unspecified atom stereocenters. The molecule has 0 heterocycles. The average Bonchev–Trinajstić information content (AvgIpc) is 2.38. The Kier molecular flexibility index (Phi) is 5.85. The molecule has 1 rings (SSSR count).